The summed E-state index contributed by atoms with van der Waals surface area (Å²) in [5.41, 5.74) is 2.85. The SMILES string of the molecule is CC(=O)c1ccc(Oc2cc(C)ccc2C(C)C)c(Cl)c1. The summed E-state index contributed by atoms with van der Waals surface area (Å²) in [6.07, 6.45) is 0. The normalized spacial score (nSPS) is 10.8. The molecule has 0 heterocycles. The Kier molecular flexibility index (Phi) is 4.69. The van der Waals surface area contributed by atoms with Crippen molar-refractivity contribution in [2.75, 3.05) is 0 Å². The molecule has 0 radical (unpaired) electrons. The fourth-order valence-electron chi connectivity index (χ4n) is 2.13. The molecule has 0 unspecified atom stereocenters. The van der Waals surface area contributed by atoms with Crippen LogP contribution in [0.4, 0.5) is 0 Å². The third-order valence-electron chi connectivity index (χ3n) is 3.35. The summed E-state index contributed by atoms with van der Waals surface area (Å²) in [5.74, 6) is 1.72. The maximum Gasteiger partial charge on any atom is 0.159 e. The monoisotopic (exact) mass is 302 g/mol. The quantitative estimate of drug-likeness (QED) is 0.670. The van der Waals surface area contributed by atoms with Crippen molar-refractivity contribution in [1.82, 2.24) is 0 Å². The highest BCUT2D eigenvalue weighted by Gasteiger charge is 2.12. The highest BCUT2D eigenvalue weighted by molar-refractivity contribution is 6.32. The van der Waals surface area contributed by atoms with Gasteiger partial charge in [0.1, 0.15) is 11.5 Å². The minimum atomic E-state index is -0.0122. The Bertz CT molecular complexity index is 675. The molecule has 3 heteroatoms. The first kappa shape index (κ1) is 15.6. The van der Waals surface area contributed by atoms with Crippen LogP contribution in [0.25, 0.3) is 0 Å². The van der Waals surface area contributed by atoms with Gasteiger partial charge in [-0.1, -0.05) is 37.6 Å². The predicted molar refractivity (Wildman–Crippen MR) is 86.8 cm³/mol. The average molecular weight is 303 g/mol. The van der Waals surface area contributed by atoms with Gasteiger partial charge >= 0.3 is 0 Å². The number of benzene rings is 2. The molecule has 0 aliphatic carbocycles. The van der Waals surface area contributed by atoms with Crippen molar-refractivity contribution in [3.05, 3.63) is 58.1 Å². The van der Waals surface area contributed by atoms with E-state index in [9.17, 15) is 4.79 Å². The molecule has 0 bridgehead atoms. The molecule has 0 fully saturated rings. The first-order valence-corrected chi connectivity index (χ1v) is 7.35. The Morgan fingerprint density at radius 1 is 1.10 bits per heavy atom. The van der Waals surface area contributed by atoms with Gasteiger partial charge in [-0.25, -0.2) is 0 Å². The van der Waals surface area contributed by atoms with Gasteiger partial charge in [-0.2, -0.15) is 0 Å². The summed E-state index contributed by atoms with van der Waals surface area (Å²) in [7, 11) is 0. The summed E-state index contributed by atoms with van der Waals surface area (Å²) in [4.78, 5) is 11.4. The van der Waals surface area contributed by atoms with Crippen LogP contribution in [0.15, 0.2) is 36.4 Å². The zero-order valence-corrected chi connectivity index (χ0v) is 13.5. The molecule has 2 nitrogen and oxygen atoms in total. The first-order valence-electron chi connectivity index (χ1n) is 6.97. The molecular weight excluding hydrogens is 284 g/mol. The van der Waals surface area contributed by atoms with E-state index in [2.05, 4.69) is 26.0 Å². The van der Waals surface area contributed by atoms with Crippen LogP contribution in [0, 0.1) is 6.92 Å². The first-order chi connectivity index (χ1) is 9.88. The van der Waals surface area contributed by atoms with Crippen molar-refractivity contribution in [2.24, 2.45) is 0 Å². The zero-order chi connectivity index (χ0) is 15.6. The van der Waals surface area contributed by atoms with Crippen molar-refractivity contribution < 1.29 is 9.53 Å². The van der Waals surface area contributed by atoms with Crippen molar-refractivity contribution >= 4 is 17.4 Å². The molecule has 21 heavy (non-hydrogen) atoms. The topological polar surface area (TPSA) is 26.3 Å². The van der Waals surface area contributed by atoms with E-state index in [-0.39, 0.29) is 5.78 Å². The maximum absolute atomic E-state index is 11.4. The number of Topliss-reactive ketones (excluding diaryl/α,β-unsaturated/α-hetero) is 1. The summed E-state index contributed by atoms with van der Waals surface area (Å²) in [6, 6.07) is 11.3. The third kappa shape index (κ3) is 3.64. The number of carbonyl (C=O) groups excluding carboxylic acids is 1. The van der Waals surface area contributed by atoms with Gasteiger partial charge in [-0.3, -0.25) is 4.79 Å². The molecule has 2 aromatic carbocycles. The van der Waals surface area contributed by atoms with Gasteiger partial charge in [-0.15, -0.1) is 0 Å². The van der Waals surface area contributed by atoms with E-state index >= 15 is 0 Å². The van der Waals surface area contributed by atoms with E-state index in [0.29, 0.717) is 22.3 Å². The van der Waals surface area contributed by atoms with Gasteiger partial charge in [0, 0.05) is 5.56 Å². The molecule has 110 valence electrons. The van der Waals surface area contributed by atoms with Gasteiger partial charge < -0.3 is 4.74 Å². The lowest BCUT2D eigenvalue weighted by atomic mass is 10.0. The Labute approximate surface area is 130 Å². The fraction of sp³-hybridized carbons (Fsp3) is 0.278. The van der Waals surface area contributed by atoms with Crippen molar-refractivity contribution in [3.8, 4) is 11.5 Å². The van der Waals surface area contributed by atoms with Crippen LogP contribution in [0.1, 0.15) is 48.2 Å². The van der Waals surface area contributed by atoms with E-state index in [1.807, 2.05) is 13.0 Å². The molecule has 0 aromatic heterocycles. The molecule has 2 aromatic rings. The number of hydrogen-bond acceptors (Lipinski definition) is 2. The smallest absolute Gasteiger partial charge is 0.159 e. The number of hydrogen-bond donors (Lipinski definition) is 0. The van der Waals surface area contributed by atoms with Gasteiger partial charge in [0.15, 0.2) is 5.78 Å². The number of ether oxygens (including phenoxy) is 1. The average Bonchev–Trinajstić information content (AvgIpc) is 2.40. The van der Waals surface area contributed by atoms with E-state index in [1.54, 1.807) is 18.2 Å². The number of aryl methyl sites for hydroxylation is 1. The van der Waals surface area contributed by atoms with Crippen LogP contribution in [-0.4, -0.2) is 5.78 Å². The van der Waals surface area contributed by atoms with E-state index < -0.39 is 0 Å². The van der Waals surface area contributed by atoms with Crippen LogP contribution < -0.4 is 4.74 Å². The molecule has 0 aliphatic rings. The lowest BCUT2D eigenvalue weighted by Crippen LogP contribution is -1.96. The molecule has 0 saturated heterocycles. The van der Waals surface area contributed by atoms with Crippen LogP contribution in [0.2, 0.25) is 5.02 Å². The molecule has 0 N–H and O–H groups in total. The summed E-state index contributed by atoms with van der Waals surface area (Å²) >= 11 is 6.22. The highest BCUT2D eigenvalue weighted by atomic mass is 35.5. The molecule has 2 rings (SSSR count). The number of ketones is 1. The number of carbonyl (C=O) groups is 1. The summed E-state index contributed by atoms with van der Waals surface area (Å²) < 4.78 is 5.97. The second-order valence-corrected chi connectivity index (χ2v) is 5.91. The van der Waals surface area contributed by atoms with Crippen molar-refractivity contribution in [3.63, 3.8) is 0 Å². The van der Waals surface area contributed by atoms with Crippen molar-refractivity contribution in [1.29, 1.82) is 0 Å². The molecule has 0 atom stereocenters. The largest absolute Gasteiger partial charge is 0.455 e. The molecule has 0 aliphatic heterocycles. The summed E-state index contributed by atoms with van der Waals surface area (Å²) in [6.45, 7) is 7.79. The Hall–Kier alpha value is -1.80. The second kappa shape index (κ2) is 6.31. The minimum absolute atomic E-state index is 0.0122. The molecule has 0 spiro atoms. The van der Waals surface area contributed by atoms with Crippen LogP contribution in [0.3, 0.4) is 0 Å². The van der Waals surface area contributed by atoms with Crippen LogP contribution in [-0.2, 0) is 0 Å². The van der Waals surface area contributed by atoms with Gasteiger partial charge in [0.25, 0.3) is 0 Å². The zero-order valence-electron chi connectivity index (χ0n) is 12.7. The van der Waals surface area contributed by atoms with E-state index in [0.717, 1.165) is 16.9 Å². The molecule has 0 amide bonds. The lowest BCUT2D eigenvalue weighted by molar-refractivity contribution is 0.101. The van der Waals surface area contributed by atoms with Crippen LogP contribution in [0.5, 0.6) is 11.5 Å². The second-order valence-electron chi connectivity index (χ2n) is 5.50. The molecular formula is C18H19ClO2. The van der Waals surface area contributed by atoms with E-state index in [4.69, 9.17) is 16.3 Å². The van der Waals surface area contributed by atoms with Gasteiger partial charge in [0.2, 0.25) is 0 Å². The highest BCUT2D eigenvalue weighted by Crippen LogP contribution is 2.35. The van der Waals surface area contributed by atoms with Gasteiger partial charge in [0.05, 0.1) is 5.02 Å². The number of rotatable bonds is 4. The maximum atomic E-state index is 11.4. The lowest BCUT2D eigenvalue weighted by Gasteiger charge is -2.15. The number of halogens is 1. The Morgan fingerprint density at radius 2 is 1.81 bits per heavy atom. The predicted octanol–water partition coefficient (Wildman–Crippen LogP) is 5.77. The Balaban J connectivity index is 2.38. The van der Waals surface area contributed by atoms with Crippen molar-refractivity contribution in [2.45, 2.75) is 33.6 Å². The third-order valence-corrected chi connectivity index (χ3v) is 3.64. The van der Waals surface area contributed by atoms with E-state index in [1.165, 1.54) is 6.92 Å². The Morgan fingerprint density at radius 3 is 2.38 bits per heavy atom. The fourth-order valence-corrected chi connectivity index (χ4v) is 2.35. The van der Waals surface area contributed by atoms with Gasteiger partial charge in [-0.05, 0) is 55.2 Å². The summed E-state index contributed by atoms with van der Waals surface area (Å²) in [5, 5.41) is 0.443. The minimum Gasteiger partial charge on any atom is -0.455 e. The molecule has 0 saturated carbocycles. The standard InChI is InChI=1S/C18H19ClO2/c1-11(2)15-7-5-12(3)9-18(15)21-17-8-6-14(13(4)20)10-16(17)19/h5-11H,1-4H3. The van der Waals surface area contributed by atoms with Crippen LogP contribution >= 0.6 is 11.6 Å².